The number of esters is 2. The molecule has 272 valence electrons. The summed E-state index contributed by atoms with van der Waals surface area (Å²) in [5.41, 5.74) is -5.86. The predicted molar refractivity (Wildman–Crippen MR) is 162 cm³/mol. The molecule has 15 heteroatoms. The van der Waals surface area contributed by atoms with Crippen LogP contribution in [0.3, 0.4) is 0 Å². The second kappa shape index (κ2) is 11.8. The topological polar surface area (TPSA) is 232 Å². The highest BCUT2D eigenvalue weighted by molar-refractivity contribution is 5.93. The third-order valence-corrected chi connectivity index (χ3v) is 12.7. The Kier molecular flexibility index (Phi) is 8.66. The van der Waals surface area contributed by atoms with E-state index in [2.05, 4.69) is 0 Å². The number of furan rings is 1. The van der Waals surface area contributed by atoms with E-state index < -0.39 is 119 Å². The molecule has 14 atom stereocenters. The van der Waals surface area contributed by atoms with Crippen molar-refractivity contribution in [1.82, 2.24) is 0 Å². The molecule has 15 nitrogen and oxygen atoms in total. The Bertz CT molecular complexity index is 1470. The number of carboxylic acid groups (broad SMARTS) is 1. The number of hydrogen-bond acceptors (Lipinski definition) is 14. The predicted octanol–water partition coefficient (Wildman–Crippen LogP) is 1.03. The van der Waals surface area contributed by atoms with E-state index in [1.165, 1.54) is 19.5 Å². The van der Waals surface area contributed by atoms with Crippen molar-refractivity contribution in [3.63, 3.8) is 0 Å². The summed E-state index contributed by atoms with van der Waals surface area (Å²) in [7, 11) is 0. The Balaban J connectivity index is 1.47. The van der Waals surface area contributed by atoms with Gasteiger partial charge in [0.25, 0.3) is 0 Å². The molecule has 2 aliphatic carbocycles. The van der Waals surface area contributed by atoms with Crippen LogP contribution in [0, 0.1) is 28.1 Å². The van der Waals surface area contributed by atoms with Crippen LogP contribution in [0.15, 0.2) is 23.0 Å². The summed E-state index contributed by atoms with van der Waals surface area (Å²) >= 11 is 0. The van der Waals surface area contributed by atoms with Crippen LogP contribution >= 0.6 is 0 Å². The van der Waals surface area contributed by atoms with Crippen LogP contribution in [0.25, 0.3) is 0 Å². The SMILES string of the molecule is CC(=O)OC(CC(=O)O)C1(C)C(C(C)(C)OC2OC(CO)C(O)C(O)C2O)CC(=O)C2(C)C1CCC1(C)C(c3ccoc3)OC(=O)C3OC312. The molecule has 14 unspecified atom stereocenters. The fourth-order valence-electron chi connectivity index (χ4n) is 10.4. The van der Waals surface area contributed by atoms with Crippen molar-refractivity contribution < 1.29 is 72.8 Å². The van der Waals surface area contributed by atoms with E-state index in [0.29, 0.717) is 18.4 Å². The molecule has 1 aromatic rings. The third kappa shape index (κ3) is 4.94. The molecule has 49 heavy (non-hydrogen) atoms. The quantitative estimate of drug-likeness (QED) is 0.180. The van der Waals surface area contributed by atoms with Crippen LogP contribution in [0.5, 0.6) is 0 Å². The number of aliphatic hydroxyl groups excluding tert-OH is 4. The van der Waals surface area contributed by atoms with E-state index in [4.69, 9.17) is 28.1 Å². The van der Waals surface area contributed by atoms with Gasteiger partial charge in [-0.15, -0.1) is 0 Å². The molecule has 0 amide bonds. The first-order chi connectivity index (χ1) is 22.8. The van der Waals surface area contributed by atoms with Crippen LogP contribution in [0.4, 0.5) is 0 Å². The number of aliphatic carboxylic acids is 1. The van der Waals surface area contributed by atoms with Gasteiger partial charge >= 0.3 is 17.9 Å². The average Bonchev–Trinajstić information content (AvgIpc) is 3.59. The standard InChI is InChI=1S/C34H46O15/c1-15(36)45-21(12-22(38)39)32(5)18-7-9-31(4)26(16-8-10-44-14-16)47-28(43)27-34(31,48-27)33(18,6)20(37)11-19(32)30(2,3)49-29-25(42)24(41)23(40)17(13-35)46-29/h8,10,14,17-19,21,23-27,29,35,40-42H,7,9,11-13H2,1-6H3,(H,38,39). The maximum Gasteiger partial charge on any atom is 0.339 e. The number of carboxylic acids is 1. The number of hydrogen-bond donors (Lipinski definition) is 5. The zero-order valence-corrected chi connectivity index (χ0v) is 28.4. The van der Waals surface area contributed by atoms with Crippen LogP contribution in [0.1, 0.15) is 78.9 Å². The summed E-state index contributed by atoms with van der Waals surface area (Å²) in [6, 6.07) is 1.69. The lowest BCUT2D eigenvalue weighted by Crippen LogP contribution is -2.73. The summed E-state index contributed by atoms with van der Waals surface area (Å²) in [6.07, 6.45) is -8.35. The number of fused-ring (bicyclic) bond motifs is 1. The number of epoxide rings is 1. The summed E-state index contributed by atoms with van der Waals surface area (Å²) in [4.78, 5) is 53.4. The summed E-state index contributed by atoms with van der Waals surface area (Å²) in [5.74, 6) is -4.54. The van der Waals surface area contributed by atoms with Crippen LogP contribution in [-0.2, 0) is 42.9 Å². The molecule has 5 fully saturated rings. The molecule has 5 aliphatic rings. The number of carbonyl (C=O) groups is 4. The average molecular weight is 695 g/mol. The molecule has 0 bridgehead atoms. The van der Waals surface area contributed by atoms with Gasteiger partial charge in [0.1, 0.15) is 48.0 Å². The van der Waals surface area contributed by atoms with E-state index in [9.17, 15) is 44.7 Å². The Morgan fingerprint density at radius 1 is 1.08 bits per heavy atom. The van der Waals surface area contributed by atoms with Gasteiger partial charge in [0.05, 0.1) is 36.6 Å². The number of cyclic esters (lactones) is 1. The summed E-state index contributed by atoms with van der Waals surface area (Å²) < 4.78 is 35.5. The lowest BCUT2D eigenvalue weighted by atomic mass is 9.37. The minimum Gasteiger partial charge on any atom is -0.481 e. The van der Waals surface area contributed by atoms with Crippen molar-refractivity contribution >= 4 is 23.7 Å². The molecule has 0 radical (unpaired) electrons. The smallest absolute Gasteiger partial charge is 0.339 e. The van der Waals surface area contributed by atoms with E-state index in [-0.39, 0.29) is 12.2 Å². The monoisotopic (exact) mass is 694 g/mol. The van der Waals surface area contributed by atoms with E-state index in [1.54, 1.807) is 33.8 Å². The normalized spacial score (nSPS) is 45.3. The minimum absolute atomic E-state index is 0.245. The first-order valence-electron chi connectivity index (χ1n) is 16.6. The van der Waals surface area contributed by atoms with E-state index in [0.717, 1.165) is 0 Å². The molecule has 0 aromatic carbocycles. The Morgan fingerprint density at radius 2 is 1.78 bits per heavy atom. The van der Waals surface area contributed by atoms with E-state index >= 15 is 0 Å². The van der Waals surface area contributed by atoms with Gasteiger partial charge < -0.3 is 53.6 Å². The highest BCUT2D eigenvalue weighted by Gasteiger charge is 2.88. The third-order valence-electron chi connectivity index (χ3n) is 12.7. The van der Waals surface area contributed by atoms with Crippen molar-refractivity contribution in [2.24, 2.45) is 28.1 Å². The van der Waals surface area contributed by atoms with Crippen molar-refractivity contribution in [3.8, 4) is 0 Å². The fraction of sp³-hybridized carbons (Fsp3) is 0.765. The van der Waals surface area contributed by atoms with Crippen molar-refractivity contribution in [1.29, 1.82) is 0 Å². The second-order valence-corrected chi connectivity index (χ2v) is 15.5. The molecule has 5 N–H and O–H groups in total. The Morgan fingerprint density at radius 3 is 2.37 bits per heavy atom. The molecule has 4 heterocycles. The van der Waals surface area contributed by atoms with E-state index in [1.807, 2.05) is 6.92 Å². The Labute approximate surface area is 282 Å². The fourth-order valence-corrected chi connectivity index (χ4v) is 10.4. The van der Waals surface area contributed by atoms with Crippen LogP contribution in [-0.4, -0.2) is 110 Å². The van der Waals surface area contributed by atoms with Gasteiger partial charge in [0.2, 0.25) is 0 Å². The molecule has 3 aliphatic heterocycles. The molecular formula is C34H46O15. The largest absolute Gasteiger partial charge is 0.481 e. The lowest BCUT2D eigenvalue weighted by Gasteiger charge is -2.67. The number of ether oxygens (including phenoxy) is 5. The zero-order valence-electron chi connectivity index (χ0n) is 28.4. The lowest BCUT2D eigenvalue weighted by molar-refractivity contribution is -0.338. The maximum absolute atomic E-state index is 14.9. The van der Waals surface area contributed by atoms with Gasteiger partial charge in [-0.2, -0.15) is 0 Å². The first-order valence-corrected chi connectivity index (χ1v) is 16.6. The van der Waals surface area contributed by atoms with Gasteiger partial charge in [-0.1, -0.05) is 13.8 Å². The van der Waals surface area contributed by atoms with Gasteiger partial charge in [0.15, 0.2) is 12.4 Å². The highest BCUT2D eigenvalue weighted by Crippen LogP contribution is 2.78. The molecule has 6 rings (SSSR count). The molecule has 2 saturated carbocycles. The first kappa shape index (κ1) is 35.9. The van der Waals surface area contributed by atoms with Gasteiger partial charge in [0, 0.05) is 35.7 Å². The van der Waals surface area contributed by atoms with Crippen LogP contribution in [0.2, 0.25) is 0 Å². The summed E-state index contributed by atoms with van der Waals surface area (Å²) in [5, 5.41) is 51.5. The second-order valence-electron chi connectivity index (χ2n) is 15.5. The van der Waals surface area contributed by atoms with Crippen LogP contribution < -0.4 is 0 Å². The van der Waals surface area contributed by atoms with Crippen molar-refractivity contribution in [3.05, 3.63) is 24.2 Å². The minimum atomic E-state index is -1.75. The number of rotatable bonds is 9. The van der Waals surface area contributed by atoms with Gasteiger partial charge in [-0.05, 0) is 45.6 Å². The molecule has 1 spiro atoms. The highest BCUT2D eigenvalue weighted by atomic mass is 16.7. The summed E-state index contributed by atoms with van der Waals surface area (Å²) in [6.45, 7) is 9.13. The molecule has 3 saturated heterocycles. The number of carbonyl (C=O) groups excluding carboxylic acids is 3. The molecule has 1 aromatic heterocycles. The maximum atomic E-state index is 14.9. The van der Waals surface area contributed by atoms with Crippen molar-refractivity contribution in [2.45, 2.75) is 127 Å². The number of aliphatic hydroxyl groups is 4. The number of Topliss-reactive ketones (excluding diaryl/α,β-unsaturated/α-hetero) is 1. The Hall–Kier alpha value is -2.92. The van der Waals surface area contributed by atoms with Crippen molar-refractivity contribution in [2.75, 3.05) is 6.61 Å². The molecular weight excluding hydrogens is 648 g/mol. The van der Waals surface area contributed by atoms with Gasteiger partial charge in [-0.25, -0.2) is 4.79 Å². The van der Waals surface area contributed by atoms with Gasteiger partial charge in [-0.3, -0.25) is 14.4 Å². The zero-order chi connectivity index (χ0) is 36.1. The number of ketones is 1.